The summed E-state index contributed by atoms with van der Waals surface area (Å²) < 4.78 is 11.9. The highest BCUT2D eigenvalue weighted by atomic mass is 28.4. The molecule has 0 radical (unpaired) electrons. The minimum Gasteiger partial charge on any atom is -0.458 e. The average molecular weight is 437 g/mol. The second-order valence-corrected chi connectivity index (χ2v) is 15.4. The van der Waals surface area contributed by atoms with Crippen LogP contribution in [-0.4, -0.2) is 27.0 Å². The van der Waals surface area contributed by atoms with Crippen molar-refractivity contribution in [3.8, 4) is 0 Å². The molecular weight excluding hydrogens is 388 g/mol. The Labute approximate surface area is 187 Å². The van der Waals surface area contributed by atoms with Crippen molar-refractivity contribution in [2.75, 3.05) is 6.61 Å². The van der Waals surface area contributed by atoms with Gasteiger partial charge in [-0.05, 0) is 61.7 Å². The number of carbonyl (C=O) groups excluding carboxylic acids is 1. The third kappa shape index (κ3) is 10.4. The van der Waals surface area contributed by atoms with Crippen LogP contribution in [0.1, 0.15) is 92.4 Å². The molecular formula is C26H48O3Si. The van der Waals surface area contributed by atoms with Gasteiger partial charge in [-0.25, -0.2) is 0 Å². The quantitative estimate of drug-likeness (QED) is 0.120. The lowest BCUT2D eigenvalue weighted by atomic mass is 9.74. The Morgan fingerprint density at radius 3 is 2.30 bits per heavy atom. The molecule has 3 atom stereocenters. The molecule has 0 N–H and O–H groups in total. The van der Waals surface area contributed by atoms with Crippen LogP contribution in [0.15, 0.2) is 24.3 Å². The molecule has 0 aromatic carbocycles. The predicted molar refractivity (Wildman–Crippen MR) is 131 cm³/mol. The van der Waals surface area contributed by atoms with Crippen molar-refractivity contribution in [2.24, 2.45) is 11.8 Å². The van der Waals surface area contributed by atoms with Crippen molar-refractivity contribution in [3.63, 3.8) is 0 Å². The highest BCUT2D eigenvalue weighted by Crippen LogP contribution is 2.40. The summed E-state index contributed by atoms with van der Waals surface area (Å²) in [4.78, 5) is 11.4. The minimum absolute atomic E-state index is 0.0996. The van der Waals surface area contributed by atoms with E-state index in [0.717, 1.165) is 19.4 Å². The van der Waals surface area contributed by atoms with Crippen LogP contribution in [0.25, 0.3) is 0 Å². The predicted octanol–water partition coefficient (Wildman–Crippen LogP) is 7.83. The van der Waals surface area contributed by atoms with E-state index in [1.165, 1.54) is 51.9 Å². The number of hydrogen-bond donors (Lipinski definition) is 0. The second kappa shape index (κ2) is 13.5. The van der Waals surface area contributed by atoms with Gasteiger partial charge in [-0.3, -0.25) is 4.79 Å². The first-order valence-corrected chi connectivity index (χ1v) is 15.1. The summed E-state index contributed by atoms with van der Waals surface area (Å²) >= 11 is 0. The number of rotatable bonds is 14. The van der Waals surface area contributed by atoms with Crippen LogP contribution in [0.4, 0.5) is 0 Å². The van der Waals surface area contributed by atoms with Gasteiger partial charge in [0.25, 0.3) is 0 Å². The Bertz CT molecular complexity index is 545. The van der Waals surface area contributed by atoms with Gasteiger partial charge in [0.05, 0.1) is 0 Å². The fraction of sp³-hybridized carbons (Fsp3) is 0.808. The largest absolute Gasteiger partial charge is 0.458 e. The van der Waals surface area contributed by atoms with Crippen molar-refractivity contribution in [2.45, 2.75) is 117 Å². The van der Waals surface area contributed by atoms with Gasteiger partial charge in [0, 0.05) is 13.5 Å². The number of hydrogen-bond acceptors (Lipinski definition) is 3. The SMILES string of the molecule is CCCCCCCCC(/C=C/C=C/[C@@H]1CC[C@H]1CO[Si](C)(C)C(C)(C)C)OC(C)=O. The molecule has 30 heavy (non-hydrogen) atoms. The molecule has 1 rings (SSSR count). The van der Waals surface area contributed by atoms with Gasteiger partial charge in [-0.15, -0.1) is 0 Å². The third-order valence-corrected chi connectivity index (χ3v) is 11.4. The summed E-state index contributed by atoms with van der Waals surface area (Å²) in [7, 11) is -1.66. The Kier molecular flexibility index (Phi) is 12.2. The molecule has 0 heterocycles. The summed E-state index contributed by atoms with van der Waals surface area (Å²) in [6.45, 7) is 16.2. The van der Waals surface area contributed by atoms with Crippen LogP contribution < -0.4 is 0 Å². The molecule has 0 amide bonds. The number of ether oxygens (including phenoxy) is 1. The van der Waals surface area contributed by atoms with Gasteiger partial charge >= 0.3 is 5.97 Å². The smallest absolute Gasteiger partial charge is 0.303 e. The van der Waals surface area contributed by atoms with E-state index in [-0.39, 0.29) is 17.1 Å². The van der Waals surface area contributed by atoms with Crippen LogP contribution in [0.5, 0.6) is 0 Å². The van der Waals surface area contributed by atoms with E-state index in [0.29, 0.717) is 11.8 Å². The van der Waals surface area contributed by atoms with Crippen molar-refractivity contribution in [1.82, 2.24) is 0 Å². The van der Waals surface area contributed by atoms with E-state index in [1.807, 2.05) is 6.08 Å². The zero-order valence-corrected chi connectivity index (χ0v) is 21.8. The standard InChI is InChI=1S/C26H48O3Si/c1-8-9-10-11-12-13-17-25(29-22(2)27)18-15-14-16-23-19-20-24(23)21-28-30(6,7)26(3,4)5/h14-16,18,23-25H,8-13,17,19-21H2,1-7H3/b16-14+,18-15+/t23-,24+,25?/m1/s1. The Morgan fingerprint density at radius 2 is 1.73 bits per heavy atom. The average Bonchev–Trinajstić information content (AvgIpc) is 2.61. The number of esters is 1. The molecule has 0 saturated heterocycles. The molecule has 1 unspecified atom stereocenters. The lowest BCUT2D eigenvalue weighted by Crippen LogP contribution is -2.43. The van der Waals surface area contributed by atoms with Crippen molar-refractivity contribution >= 4 is 14.3 Å². The minimum atomic E-state index is -1.66. The van der Waals surface area contributed by atoms with E-state index in [9.17, 15) is 4.79 Å². The molecule has 1 saturated carbocycles. The lowest BCUT2D eigenvalue weighted by molar-refractivity contribution is -0.144. The van der Waals surface area contributed by atoms with Gasteiger partial charge in [-0.1, -0.05) is 78.0 Å². The summed E-state index contributed by atoms with van der Waals surface area (Å²) in [6, 6.07) is 0. The van der Waals surface area contributed by atoms with Crippen molar-refractivity contribution in [3.05, 3.63) is 24.3 Å². The number of unbranched alkanes of at least 4 members (excludes halogenated alkanes) is 5. The molecule has 0 bridgehead atoms. The van der Waals surface area contributed by atoms with Crippen molar-refractivity contribution in [1.29, 1.82) is 0 Å². The molecule has 4 heteroatoms. The fourth-order valence-electron chi connectivity index (χ4n) is 3.52. The lowest BCUT2D eigenvalue weighted by Gasteiger charge is -2.41. The van der Waals surface area contributed by atoms with Gasteiger partial charge in [-0.2, -0.15) is 0 Å². The van der Waals surface area contributed by atoms with E-state index in [4.69, 9.17) is 9.16 Å². The van der Waals surface area contributed by atoms with E-state index >= 15 is 0 Å². The maximum absolute atomic E-state index is 11.4. The molecule has 0 aliphatic heterocycles. The molecule has 174 valence electrons. The molecule has 0 aromatic rings. The topological polar surface area (TPSA) is 35.5 Å². The third-order valence-electron chi connectivity index (χ3n) is 6.90. The normalized spacial score (nSPS) is 21.2. The summed E-state index contributed by atoms with van der Waals surface area (Å²) in [5, 5.41) is 0.270. The molecule has 1 fully saturated rings. The highest BCUT2D eigenvalue weighted by molar-refractivity contribution is 6.74. The Balaban J connectivity index is 2.41. The van der Waals surface area contributed by atoms with Gasteiger partial charge in [0.1, 0.15) is 6.10 Å². The Hall–Kier alpha value is -0.873. The second-order valence-electron chi connectivity index (χ2n) is 10.5. The number of carbonyl (C=O) groups is 1. The summed E-state index contributed by atoms with van der Waals surface area (Å²) in [6.07, 6.45) is 19.4. The summed E-state index contributed by atoms with van der Waals surface area (Å²) in [5.74, 6) is 1.07. The van der Waals surface area contributed by atoms with Gasteiger partial charge in [0.15, 0.2) is 8.32 Å². The van der Waals surface area contributed by atoms with E-state index in [1.54, 1.807) is 0 Å². The molecule has 1 aliphatic carbocycles. The molecule has 0 spiro atoms. The van der Waals surface area contributed by atoms with Crippen LogP contribution in [0.2, 0.25) is 18.1 Å². The van der Waals surface area contributed by atoms with Crippen LogP contribution in [0.3, 0.4) is 0 Å². The van der Waals surface area contributed by atoms with E-state index in [2.05, 4.69) is 59.0 Å². The maximum Gasteiger partial charge on any atom is 0.303 e. The molecule has 0 aromatic heterocycles. The monoisotopic (exact) mass is 436 g/mol. The maximum atomic E-state index is 11.4. The first-order valence-electron chi connectivity index (χ1n) is 12.2. The zero-order chi connectivity index (χ0) is 22.6. The van der Waals surface area contributed by atoms with Crippen molar-refractivity contribution < 1.29 is 14.0 Å². The fourth-order valence-corrected chi connectivity index (χ4v) is 4.58. The first kappa shape index (κ1) is 27.2. The van der Waals surface area contributed by atoms with Gasteiger partial charge in [0.2, 0.25) is 0 Å². The molecule has 1 aliphatic rings. The highest BCUT2D eigenvalue weighted by Gasteiger charge is 2.39. The Morgan fingerprint density at radius 1 is 1.07 bits per heavy atom. The van der Waals surface area contributed by atoms with Crippen LogP contribution in [-0.2, 0) is 14.0 Å². The van der Waals surface area contributed by atoms with E-state index < -0.39 is 8.32 Å². The summed E-state index contributed by atoms with van der Waals surface area (Å²) in [5.41, 5.74) is 0. The zero-order valence-electron chi connectivity index (χ0n) is 20.8. The first-order chi connectivity index (χ1) is 14.1. The molecule has 3 nitrogen and oxygen atoms in total. The van der Waals surface area contributed by atoms with Crippen LogP contribution >= 0.6 is 0 Å². The number of allylic oxidation sites excluding steroid dienone is 3. The van der Waals surface area contributed by atoms with Gasteiger partial charge < -0.3 is 9.16 Å². The van der Waals surface area contributed by atoms with Crippen LogP contribution in [0, 0.1) is 11.8 Å².